The Morgan fingerprint density at radius 1 is 1.44 bits per heavy atom. The van der Waals surface area contributed by atoms with Crippen molar-refractivity contribution in [3.05, 3.63) is 11.1 Å². The number of nitrogens with zero attached hydrogens (tertiary/aromatic N) is 3. The molecule has 2 rings (SSSR count). The van der Waals surface area contributed by atoms with Crippen molar-refractivity contribution in [3.63, 3.8) is 0 Å². The van der Waals surface area contributed by atoms with E-state index in [4.69, 9.17) is 5.11 Å². The smallest absolute Gasteiger partial charge is 0.303 e. The molecule has 0 aliphatic carbocycles. The highest BCUT2D eigenvalue weighted by Crippen LogP contribution is 2.22. The summed E-state index contributed by atoms with van der Waals surface area (Å²) in [5.74, 6) is -0.802. The molecule has 1 saturated heterocycles. The van der Waals surface area contributed by atoms with Gasteiger partial charge in [0, 0.05) is 38.0 Å². The number of aryl methyl sites for hydroxylation is 1. The molecule has 1 aromatic heterocycles. The molecule has 0 aromatic carbocycles. The minimum atomic E-state index is -0.802. The van der Waals surface area contributed by atoms with Crippen LogP contribution in [0.5, 0.6) is 0 Å². The number of rotatable bonds is 5. The van der Waals surface area contributed by atoms with E-state index in [1.165, 1.54) is 11.3 Å². The van der Waals surface area contributed by atoms with Crippen LogP contribution in [0.4, 0.5) is 5.13 Å². The molecule has 1 N–H and O–H groups in total. The summed E-state index contributed by atoms with van der Waals surface area (Å²) in [5.41, 5.74) is 0.829. The van der Waals surface area contributed by atoms with Gasteiger partial charge in [0.15, 0.2) is 5.13 Å². The standard InChI is InChI=1S/C11H15N3O3S/c15-8-13-3-5-14(6-4-13)11-12-9(7-18-11)1-2-10(16)17/h7-8H,1-6H2,(H,16,17). The number of carbonyl (C=O) groups is 2. The quantitative estimate of drug-likeness (QED) is 0.785. The summed E-state index contributed by atoms with van der Waals surface area (Å²) in [5, 5.41) is 11.4. The summed E-state index contributed by atoms with van der Waals surface area (Å²) in [6, 6.07) is 0. The number of carboxylic acid groups (broad SMARTS) is 1. The van der Waals surface area contributed by atoms with Crippen molar-refractivity contribution in [1.82, 2.24) is 9.88 Å². The van der Waals surface area contributed by atoms with Gasteiger partial charge >= 0.3 is 5.97 Å². The van der Waals surface area contributed by atoms with Crippen molar-refractivity contribution in [1.29, 1.82) is 0 Å². The zero-order valence-corrected chi connectivity index (χ0v) is 10.7. The fourth-order valence-electron chi connectivity index (χ4n) is 1.81. The lowest BCUT2D eigenvalue weighted by atomic mass is 10.2. The van der Waals surface area contributed by atoms with Gasteiger partial charge < -0.3 is 14.9 Å². The first-order chi connectivity index (χ1) is 8.69. The van der Waals surface area contributed by atoms with E-state index in [0.717, 1.165) is 30.3 Å². The van der Waals surface area contributed by atoms with Crippen molar-refractivity contribution in [2.75, 3.05) is 31.1 Å². The molecular formula is C11H15N3O3S. The van der Waals surface area contributed by atoms with Gasteiger partial charge in [0.1, 0.15) is 0 Å². The molecule has 0 atom stereocenters. The number of aromatic nitrogens is 1. The summed E-state index contributed by atoms with van der Waals surface area (Å²) in [6.45, 7) is 3.00. The molecule has 1 amide bonds. The number of carbonyl (C=O) groups excluding carboxylic acids is 1. The second-order valence-electron chi connectivity index (χ2n) is 4.14. The molecule has 0 saturated carbocycles. The fourth-order valence-corrected chi connectivity index (χ4v) is 2.72. The summed E-state index contributed by atoms with van der Waals surface area (Å²) < 4.78 is 0. The second-order valence-corrected chi connectivity index (χ2v) is 4.98. The average Bonchev–Trinajstić information content (AvgIpc) is 2.85. The van der Waals surface area contributed by atoms with Crippen molar-refractivity contribution in [3.8, 4) is 0 Å². The number of aliphatic carboxylic acids is 1. The Morgan fingerprint density at radius 2 is 2.17 bits per heavy atom. The van der Waals surface area contributed by atoms with Gasteiger partial charge in [-0.15, -0.1) is 11.3 Å². The van der Waals surface area contributed by atoms with Crippen LogP contribution in [0, 0.1) is 0 Å². The lowest BCUT2D eigenvalue weighted by molar-refractivity contribution is -0.137. The predicted octanol–water partition coefficient (Wildman–Crippen LogP) is 0.439. The van der Waals surface area contributed by atoms with E-state index in [9.17, 15) is 9.59 Å². The van der Waals surface area contributed by atoms with E-state index >= 15 is 0 Å². The van der Waals surface area contributed by atoms with Gasteiger partial charge in [0.05, 0.1) is 12.1 Å². The zero-order chi connectivity index (χ0) is 13.0. The van der Waals surface area contributed by atoms with Crippen LogP contribution < -0.4 is 4.90 Å². The maximum absolute atomic E-state index is 10.6. The van der Waals surface area contributed by atoms with Gasteiger partial charge in [-0.2, -0.15) is 0 Å². The van der Waals surface area contributed by atoms with Crippen molar-refractivity contribution in [2.45, 2.75) is 12.8 Å². The van der Waals surface area contributed by atoms with Crippen molar-refractivity contribution in [2.24, 2.45) is 0 Å². The first-order valence-electron chi connectivity index (χ1n) is 5.79. The topological polar surface area (TPSA) is 73.7 Å². The van der Waals surface area contributed by atoms with Crippen LogP contribution in [0.2, 0.25) is 0 Å². The van der Waals surface area contributed by atoms with E-state index in [2.05, 4.69) is 9.88 Å². The number of thiazole rings is 1. The number of anilines is 1. The molecule has 1 aromatic rings. The highest BCUT2D eigenvalue weighted by Gasteiger charge is 2.18. The number of hydrogen-bond acceptors (Lipinski definition) is 5. The number of carboxylic acids is 1. The molecule has 0 spiro atoms. The molecule has 18 heavy (non-hydrogen) atoms. The van der Waals surface area contributed by atoms with Crippen LogP contribution in [-0.4, -0.2) is 53.5 Å². The molecule has 1 aliphatic heterocycles. The Hall–Kier alpha value is -1.63. The average molecular weight is 269 g/mol. The van der Waals surface area contributed by atoms with Crippen molar-refractivity contribution < 1.29 is 14.7 Å². The third-order valence-corrected chi connectivity index (χ3v) is 3.82. The molecule has 7 heteroatoms. The number of hydrogen-bond donors (Lipinski definition) is 1. The molecule has 1 fully saturated rings. The summed E-state index contributed by atoms with van der Waals surface area (Å²) in [6.07, 6.45) is 1.46. The van der Waals surface area contributed by atoms with Crippen LogP contribution in [0.15, 0.2) is 5.38 Å². The minimum Gasteiger partial charge on any atom is -0.481 e. The van der Waals surface area contributed by atoms with Crippen LogP contribution in [0.1, 0.15) is 12.1 Å². The Morgan fingerprint density at radius 3 is 2.78 bits per heavy atom. The zero-order valence-electron chi connectivity index (χ0n) is 9.91. The highest BCUT2D eigenvalue weighted by molar-refractivity contribution is 7.13. The van der Waals surface area contributed by atoms with Crippen LogP contribution >= 0.6 is 11.3 Å². The van der Waals surface area contributed by atoms with Crippen LogP contribution in [-0.2, 0) is 16.0 Å². The molecule has 6 nitrogen and oxygen atoms in total. The van der Waals surface area contributed by atoms with Crippen molar-refractivity contribution >= 4 is 28.8 Å². The fraction of sp³-hybridized carbons (Fsp3) is 0.545. The van der Waals surface area contributed by atoms with Gasteiger partial charge in [0.2, 0.25) is 6.41 Å². The van der Waals surface area contributed by atoms with E-state index in [1.54, 1.807) is 4.90 Å². The van der Waals surface area contributed by atoms with E-state index < -0.39 is 5.97 Å². The first-order valence-corrected chi connectivity index (χ1v) is 6.67. The van der Waals surface area contributed by atoms with Crippen LogP contribution in [0.3, 0.4) is 0 Å². The summed E-state index contributed by atoms with van der Waals surface area (Å²) in [7, 11) is 0. The molecule has 0 unspecified atom stereocenters. The maximum Gasteiger partial charge on any atom is 0.303 e. The third-order valence-electron chi connectivity index (χ3n) is 2.87. The third kappa shape index (κ3) is 3.19. The second kappa shape index (κ2) is 5.81. The van der Waals surface area contributed by atoms with E-state index in [1.807, 2.05) is 5.38 Å². The lowest BCUT2D eigenvalue weighted by Gasteiger charge is -2.32. The molecule has 0 bridgehead atoms. The monoisotopic (exact) mass is 269 g/mol. The predicted molar refractivity (Wildman–Crippen MR) is 67.9 cm³/mol. The molecule has 2 heterocycles. The Balaban J connectivity index is 1.90. The van der Waals surface area contributed by atoms with Gasteiger partial charge in [0.25, 0.3) is 0 Å². The molecule has 0 radical (unpaired) electrons. The van der Waals surface area contributed by atoms with Crippen LogP contribution in [0.25, 0.3) is 0 Å². The lowest BCUT2D eigenvalue weighted by Crippen LogP contribution is -2.45. The van der Waals surface area contributed by atoms with E-state index in [-0.39, 0.29) is 6.42 Å². The van der Waals surface area contributed by atoms with Gasteiger partial charge in [-0.05, 0) is 0 Å². The SMILES string of the molecule is O=CN1CCN(c2nc(CCC(=O)O)cs2)CC1. The van der Waals surface area contributed by atoms with E-state index in [0.29, 0.717) is 19.5 Å². The van der Waals surface area contributed by atoms with Gasteiger partial charge in [-0.25, -0.2) is 4.98 Å². The van der Waals surface area contributed by atoms with Gasteiger partial charge in [-0.3, -0.25) is 9.59 Å². The summed E-state index contributed by atoms with van der Waals surface area (Å²) >= 11 is 1.53. The number of piperazine rings is 1. The minimum absolute atomic E-state index is 0.113. The molecule has 1 aliphatic rings. The highest BCUT2D eigenvalue weighted by atomic mass is 32.1. The molecular weight excluding hydrogens is 254 g/mol. The number of amides is 1. The summed E-state index contributed by atoms with van der Waals surface area (Å²) in [4.78, 5) is 29.4. The Bertz CT molecular complexity index is 427. The first kappa shape index (κ1) is 12.8. The maximum atomic E-state index is 10.6. The normalized spacial score (nSPS) is 15.8. The largest absolute Gasteiger partial charge is 0.481 e. The van der Waals surface area contributed by atoms with Gasteiger partial charge in [-0.1, -0.05) is 0 Å². The molecule has 98 valence electrons. The Labute approximate surface area is 109 Å². The Kier molecular flexibility index (Phi) is 4.14.